The van der Waals surface area contributed by atoms with Crippen LogP contribution in [-0.2, 0) is 9.59 Å². The van der Waals surface area contributed by atoms with E-state index in [9.17, 15) is 9.59 Å². The Kier molecular flexibility index (Phi) is 6.98. The summed E-state index contributed by atoms with van der Waals surface area (Å²) in [6, 6.07) is 12.4. The fraction of sp³-hybridized carbons (Fsp3) is 0.167. The van der Waals surface area contributed by atoms with E-state index >= 15 is 0 Å². The molecule has 2 aromatic carbocycles. The molecule has 0 heterocycles. The van der Waals surface area contributed by atoms with E-state index in [0.29, 0.717) is 15.6 Å². The number of carbonyl (C=O) groups is 2. The number of anilines is 1. The van der Waals surface area contributed by atoms with Gasteiger partial charge < -0.3 is 5.32 Å². The highest BCUT2D eigenvalue weighted by Gasteiger charge is 2.08. The van der Waals surface area contributed by atoms with Crippen LogP contribution >= 0.6 is 23.2 Å². The molecule has 0 saturated heterocycles. The number of nitrogens with zero attached hydrogens (tertiary/aromatic N) is 1. The topological polar surface area (TPSA) is 70.6 Å². The minimum Gasteiger partial charge on any atom is -0.326 e. The zero-order valence-electron chi connectivity index (χ0n) is 13.6. The lowest BCUT2D eigenvalue weighted by Gasteiger charge is -2.07. The van der Waals surface area contributed by atoms with Crippen LogP contribution in [0.1, 0.15) is 24.0 Å². The molecule has 0 aromatic heterocycles. The lowest BCUT2D eigenvalue weighted by Crippen LogP contribution is -2.20. The summed E-state index contributed by atoms with van der Waals surface area (Å²) in [6.45, 7) is 1.90. The van der Waals surface area contributed by atoms with Gasteiger partial charge in [0.2, 0.25) is 11.8 Å². The van der Waals surface area contributed by atoms with Crippen LogP contribution in [0.25, 0.3) is 0 Å². The maximum atomic E-state index is 11.9. The van der Waals surface area contributed by atoms with Gasteiger partial charge in [0.15, 0.2) is 0 Å². The Morgan fingerprint density at radius 1 is 1.08 bits per heavy atom. The molecule has 0 aliphatic carbocycles. The van der Waals surface area contributed by atoms with Crippen LogP contribution in [0.15, 0.2) is 47.6 Å². The molecule has 0 aliphatic heterocycles. The number of nitrogens with one attached hydrogen (secondary N) is 2. The SMILES string of the molecule is Cc1ccccc1NC(=O)CCC(=O)NN=Cc1ccc(Cl)cc1Cl. The van der Waals surface area contributed by atoms with Crippen LogP contribution in [0.3, 0.4) is 0 Å². The van der Waals surface area contributed by atoms with Gasteiger partial charge in [-0.1, -0.05) is 47.5 Å². The number of hydrazone groups is 1. The van der Waals surface area contributed by atoms with Crippen molar-refractivity contribution in [1.82, 2.24) is 5.43 Å². The Bertz CT molecular complexity index is 807. The van der Waals surface area contributed by atoms with Crippen molar-refractivity contribution in [3.8, 4) is 0 Å². The number of hydrogen-bond acceptors (Lipinski definition) is 3. The van der Waals surface area contributed by atoms with Crippen LogP contribution in [0.2, 0.25) is 10.0 Å². The van der Waals surface area contributed by atoms with Crippen LogP contribution in [0.5, 0.6) is 0 Å². The number of aryl methyl sites for hydroxylation is 1. The third kappa shape index (κ3) is 6.21. The lowest BCUT2D eigenvalue weighted by molar-refractivity contribution is -0.124. The average molecular weight is 378 g/mol. The lowest BCUT2D eigenvalue weighted by atomic mass is 10.2. The second kappa shape index (κ2) is 9.20. The Labute approximate surface area is 156 Å². The van der Waals surface area contributed by atoms with Gasteiger partial charge in [-0.15, -0.1) is 0 Å². The smallest absolute Gasteiger partial charge is 0.240 e. The molecule has 0 fully saturated rings. The largest absolute Gasteiger partial charge is 0.326 e. The fourth-order valence-electron chi connectivity index (χ4n) is 1.99. The van der Waals surface area contributed by atoms with Crippen LogP contribution < -0.4 is 10.7 Å². The predicted molar refractivity (Wildman–Crippen MR) is 101 cm³/mol. The molecule has 0 bridgehead atoms. The van der Waals surface area contributed by atoms with E-state index in [1.807, 2.05) is 31.2 Å². The Hall–Kier alpha value is -2.37. The van der Waals surface area contributed by atoms with Crippen molar-refractivity contribution in [2.24, 2.45) is 5.10 Å². The monoisotopic (exact) mass is 377 g/mol. The van der Waals surface area contributed by atoms with Crippen LogP contribution in [0, 0.1) is 6.92 Å². The number of para-hydroxylation sites is 1. The van der Waals surface area contributed by atoms with Gasteiger partial charge >= 0.3 is 0 Å². The molecule has 0 saturated carbocycles. The molecule has 7 heteroatoms. The van der Waals surface area contributed by atoms with E-state index in [1.54, 1.807) is 18.2 Å². The molecule has 130 valence electrons. The van der Waals surface area contributed by atoms with Crippen LogP contribution in [-0.4, -0.2) is 18.0 Å². The summed E-state index contributed by atoms with van der Waals surface area (Å²) >= 11 is 11.8. The highest BCUT2D eigenvalue weighted by molar-refractivity contribution is 6.36. The third-order valence-electron chi connectivity index (χ3n) is 3.35. The summed E-state index contributed by atoms with van der Waals surface area (Å²) in [4.78, 5) is 23.6. The fourth-order valence-corrected chi connectivity index (χ4v) is 2.45. The molecule has 2 amide bonds. The van der Waals surface area contributed by atoms with Crippen LogP contribution in [0.4, 0.5) is 5.69 Å². The number of amides is 2. The summed E-state index contributed by atoms with van der Waals surface area (Å²) in [5, 5.41) is 7.55. The molecule has 0 aliphatic rings. The molecule has 2 rings (SSSR count). The highest BCUT2D eigenvalue weighted by Crippen LogP contribution is 2.19. The first-order chi connectivity index (χ1) is 12.0. The summed E-state index contributed by atoms with van der Waals surface area (Å²) in [7, 11) is 0. The molecular formula is C18H17Cl2N3O2. The van der Waals surface area contributed by atoms with Crippen molar-refractivity contribution in [3.05, 3.63) is 63.6 Å². The molecule has 25 heavy (non-hydrogen) atoms. The van der Waals surface area contributed by atoms with Crippen molar-refractivity contribution in [2.45, 2.75) is 19.8 Å². The Morgan fingerprint density at radius 3 is 2.52 bits per heavy atom. The number of rotatable bonds is 6. The van der Waals surface area contributed by atoms with Crippen molar-refractivity contribution in [3.63, 3.8) is 0 Å². The second-order valence-corrected chi connectivity index (χ2v) is 6.17. The van der Waals surface area contributed by atoms with E-state index in [0.717, 1.165) is 11.3 Å². The van der Waals surface area contributed by atoms with Gasteiger partial charge in [-0.25, -0.2) is 5.43 Å². The average Bonchev–Trinajstić information content (AvgIpc) is 2.57. The molecular weight excluding hydrogens is 361 g/mol. The maximum Gasteiger partial charge on any atom is 0.240 e. The predicted octanol–water partition coefficient (Wildman–Crippen LogP) is 4.17. The third-order valence-corrected chi connectivity index (χ3v) is 3.92. The van der Waals surface area contributed by atoms with Gasteiger partial charge in [-0.2, -0.15) is 5.10 Å². The molecule has 2 N–H and O–H groups in total. The van der Waals surface area contributed by atoms with E-state index in [2.05, 4.69) is 15.8 Å². The van der Waals surface area contributed by atoms with Gasteiger partial charge in [-0.3, -0.25) is 9.59 Å². The number of halogens is 2. The van der Waals surface area contributed by atoms with E-state index in [-0.39, 0.29) is 24.7 Å². The van der Waals surface area contributed by atoms with Crippen molar-refractivity contribution < 1.29 is 9.59 Å². The quantitative estimate of drug-likeness (QED) is 0.585. The second-order valence-electron chi connectivity index (χ2n) is 5.32. The molecule has 0 unspecified atom stereocenters. The molecule has 5 nitrogen and oxygen atoms in total. The van der Waals surface area contributed by atoms with Crippen molar-refractivity contribution >= 4 is 46.9 Å². The van der Waals surface area contributed by atoms with E-state index in [4.69, 9.17) is 23.2 Å². The first-order valence-corrected chi connectivity index (χ1v) is 8.34. The number of hydrogen-bond donors (Lipinski definition) is 2. The minimum absolute atomic E-state index is 0.0312. The first kappa shape index (κ1) is 19.0. The van der Waals surface area contributed by atoms with Crippen molar-refractivity contribution in [2.75, 3.05) is 5.32 Å². The van der Waals surface area contributed by atoms with Gasteiger partial charge in [0.1, 0.15) is 0 Å². The number of benzene rings is 2. The minimum atomic E-state index is -0.360. The summed E-state index contributed by atoms with van der Waals surface area (Å²) in [5.74, 6) is -0.588. The molecule has 2 aromatic rings. The summed E-state index contributed by atoms with van der Waals surface area (Å²) in [6.07, 6.45) is 1.52. The zero-order chi connectivity index (χ0) is 18.2. The summed E-state index contributed by atoms with van der Waals surface area (Å²) < 4.78 is 0. The molecule has 0 atom stereocenters. The highest BCUT2D eigenvalue weighted by atomic mass is 35.5. The van der Waals surface area contributed by atoms with Gasteiger partial charge in [0.25, 0.3) is 0 Å². The molecule has 0 spiro atoms. The van der Waals surface area contributed by atoms with Crippen molar-refractivity contribution in [1.29, 1.82) is 0 Å². The van der Waals surface area contributed by atoms with Gasteiger partial charge in [0.05, 0.1) is 11.2 Å². The van der Waals surface area contributed by atoms with E-state index < -0.39 is 0 Å². The summed E-state index contributed by atoms with van der Waals surface area (Å²) in [5.41, 5.74) is 4.69. The van der Waals surface area contributed by atoms with Gasteiger partial charge in [0, 0.05) is 29.1 Å². The van der Waals surface area contributed by atoms with Gasteiger partial charge in [-0.05, 0) is 30.7 Å². The molecule has 0 radical (unpaired) electrons. The Morgan fingerprint density at radius 2 is 1.80 bits per heavy atom. The number of carbonyl (C=O) groups excluding carboxylic acids is 2. The maximum absolute atomic E-state index is 11.9. The zero-order valence-corrected chi connectivity index (χ0v) is 15.1. The van der Waals surface area contributed by atoms with E-state index in [1.165, 1.54) is 6.21 Å². The Balaban J connectivity index is 1.77. The first-order valence-electron chi connectivity index (χ1n) is 7.58. The normalized spacial score (nSPS) is 10.7. The standard InChI is InChI=1S/C18H17Cl2N3O2/c1-12-4-2-3-5-16(12)22-17(24)8-9-18(25)23-21-11-13-6-7-14(19)10-15(13)20/h2-7,10-11H,8-9H2,1H3,(H,22,24)(H,23,25).